The Hall–Kier alpha value is -3.21. The normalized spacial score (nSPS) is 10.4. The Morgan fingerprint density at radius 3 is 2.39 bits per heavy atom. The van der Waals surface area contributed by atoms with Gasteiger partial charge in [-0.2, -0.15) is 10.4 Å². The van der Waals surface area contributed by atoms with Crippen LogP contribution in [-0.2, 0) is 0 Å². The monoisotopic (exact) mass is 316 g/mol. The number of hydrazone groups is 1. The van der Waals surface area contributed by atoms with E-state index in [-0.39, 0.29) is 11.6 Å². The van der Waals surface area contributed by atoms with Crippen molar-refractivity contribution in [3.63, 3.8) is 0 Å². The van der Waals surface area contributed by atoms with Gasteiger partial charge in [-0.3, -0.25) is 0 Å². The third kappa shape index (κ3) is 3.52. The number of nitrogens with one attached hydrogen (secondary N) is 1. The molecule has 1 aromatic carbocycles. The summed E-state index contributed by atoms with van der Waals surface area (Å²) in [5.74, 6) is 2.10. The molecule has 120 valence electrons. The number of nitriles is 1. The van der Waals surface area contributed by atoms with Crippen molar-refractivity contribution in [1.29, 1.82) is 5.26 Å². The van der Waals surface area contributed by atoms with Crippen molar-refractivity contribution >= 4 is 12.1 Å². The molecule has 0 fully saturated rings. The van der Waals surface area contributed by atoms with E-state index in [0.29, 0.717) is 28.7 Å². The molecule has 0 aliphatic rings. The number of anilines is 1. The van der Waals surface area contributed by atoms with Gasteiger partial charge in [0.05, 0.1) is 27.5 Å². The smallest absolute Gasteiger partial charge is 0.252 e. The maximum absolute atomic E-state index is 8.93. The summed E-state index contributed by atoms with van der Waals surface area (Å²) in [6.07, 6.45) is 1.53. The molecule has 1 aromatic heterocycles. The minimum Gasteiger partial charge on any atom is -0.493 e. The van der Waals surface area contributed by atoms with Gasteiger partial charge < -0.3 is 18.6 Å². The number of aromatic nitrogens is 1. The Bertz CT molecular complexity index is 736. The molecule has 0 unspecified atom stereocenters. The number of oxazole rings is 1. The fourth-order valence-corrected chi connectivity index (χ4v) is 1.92. The van der Waals surface area contributed by atoms with Gasteiger partial charge in [-0.1, -0.05) is 0 Å². The lowest BCUT2D eigenvalue weighted by Gasteiger charge is -2.12. The molecule has 0 aliphatic carbocycles. The Morgan fingerprint density at radius 2 is 1.87 bits per heavy atom. The van der Waals surface area contributed by atoms with Crippen LogP contribution < -0.4 is 19.6 Å². The van der Waals surface area contributed by atoms with Crippen molar-refractivity contribution in [3.05, 3.63) is 29.3 Å². The van der Waals surface area contributed by atoms with E-state index in [1.54, 1.807) is 19.1 Å². The molecule has 0 aliphatic heterocycles. The van der Waals surface area contributed by atoms with Crippen LogP contribution in [0.15, 0.2) is 21.7 Å². The van der Waals surface area contributed by atoms with Gasteiger partial charge in [0.1, 0.15) is 6.07 Å². The van der Waals surface area contributed by atoms with Crippen LogP contribution in [-0.4, -0.2) is 32.5 Å². The molecule has 0 bridgehead atoms. The molecule has 8 nitrogen and oxygen atoms in total. The number of rotatable bonds is 6. The molecular weight excluding hydrogens is 300 g/mol. The predicted molar refractivity (Wildman–Crippen MR) is 83.3 cm³/mol. The van der Waals surface area contributed by atoms with Crippen LogP contribution in [0.2, 0.25) is 0 Å². The highest BCUT2D eigenvalue weighted by atomic mass is 16.5. The van der Waals surface area contributed by atoms with E-state index in [0.717, 1.165) is 0 Å². The fourth-order valence-electron chi connectivity index (χ4n) is 1.92. The zero-order chi connectivity index (χ0) is 16.8. The first kappa shape index (κ1) is 16.2. The van der Waals surface area contributed by atoms with Crippen LogP contribution in [0.5, 0.6) is 17.2 Å². The number of ether oxygens (including phenoxy) is 3. The number of nitrogens with zero attached hydrogens (tertiary/aromatic N) is 3. The van der Waals surface area contributed by atoms with Crippen LogP contribution in [0, 0.1) is 18.3 Å². The summed E-state index contributed by atoms with van der Waals surface area (Å²) in [6.45, 7) is 1.65. The van der Waals surface area contributed by atoms with Crippen molar-refractivity contribution in [3.8, 4) is 23.3 Å². The third-order valence-electron chi connectivity index (χ3n) is 2.91. The van der Waals surface area contributed by atoms with Gasteiger partial charge in [-0.15, -0.1) is 0 Å². The third-order valence-corrected chi connectivity index (χ3v) is 2.91. The van der Waals surface area contributed by atoms with Gasteiger partial charge in [0, 0.05) is 12.5 Å². The molecule has 0 saturated carbocycles. The van der Waals surface area contributed by atoms with Crippen LogP contribution in [0.25, 0.3) is 0 Å². The van der Waals surface area contributed by atoms with E-state index in [9.17, 15) is 0 Å². The summed E-state index contributed by atoms with van der Waals surface area (Å²) in [5, 5.41) is 13.0. The quantitative estimate of drug-likeness (QED) is 0.644. The van der Waals surface area contributed by atoms with E-state index in [2.05, 4.69) is 15.5 Å². The summed E-state index contributed by atoms with van der Waals surface area (Å²) in [7, 11) is 4.60. The number of hydrogen-bond acceptors (Lipinski definition) is 8. The highest BCUT2D eigenvalue weighted by Crippen LogP contribution is 2.37. The molecule has 8 heteroatoms. The van der Waals surface area contributed by atoms with Crippen molar-refractivity contribution in [2.75, 3.05) is 26.8 Å². The molecule has 1 N–H and O–H groups in total. The second-order valence-corrected chi connectivity index (χ2v) is 4.35. The van der Waals surface area contributed by atoms with E-state index >= 15 is 0 Å². The minimum atomic E-state index is 0.143. The Kier molecular flexibility index (Phi) is 5.04. The Labute approximate surface area is 133 Å². The van der Waals surface area contributed by atoms with E-state index in [1.807, 2.05) is 6.07 Å². The highest BCUT2D eigenvalue weighted by Gasteiger charge is 2.12. The minimum absolute atomic E-state index is 0.143. The van der Waals surface area contributed by atoms with E-state index < -0.39 is 0 Å². The molecule has 1 heterocycles. The molecule has 0 atom stereocenters. The number of benzene rings is 1. The molecule has 2 rings (SSSR count). The fraction of sp³-hybridized carbons (Fsp3) is 0.267. The molecule has 0 radical (unpaired) electrons. The Balaban J connectivity index is 2.24. The second kappa shape index (κ2) is 7.17. The van der Waals surface area contributed by atoms with E-state index in [4.69, 9.17) is 23.9 Å². The summed E-state index contributed by atoms with van der Waals surface area (Å²) >= 11 is 0. The number of methoxy groups -OCH3 is 3. The van der Waals surface area contributed by atoms with Gasteiger partial charge in [0.2, 0.25) is 11.4 Å². The van der Waals surface area contributed by atoms with Gasteiger partial charge in [0.25, 0.3) is 5.88 Å². The van der Waals surface area contributed by atoms with Crippen molar-refractivity contribution in [2.45, 2.75) is 6.92 Å². The van der Waals surface area contributed by atoms with Gasteiger partial charge in [-0.25, -0.2) is 10.4 Å². The van der Waals surface area contributed by atoms with Gasteiger partial charge >= 0.3 is 0 Å². The average Bonchev–Trinajstić information content (AvgIpc) is 2.93. The SMILES string of the molecule is COc1cc(C=NNc2oc(C)nc2C#N)cc(OC)c1OC. The largest absolute Gasteiger partial charge is 0.493 e. The molecule has 0 spiro atoms. The molecule has 0 amide bonds. The molecule has 2 aromatic rings. The molecule has 23 heavy (non-hydrogen) atoms. The highest BCUT2D eigenvalue weighted by molar-refractivity contribution is 5.83. The summed E-state index contributed by atoms with van der Waals surface area (Å²) < 4.78 is 21.0. The van der Waals surface area contributed by atoms with Crippen molar-refractivity contribution in [1.82, 2.24) is 4.98 Å². The first-order valence-electron chi connectivity index (χ1n) is 6.59. The number of hydrogen-bond donors (Lipinski definition) is 1. The van der Waals surface area contributed by atoms with Gasteiger partial charge in [-0.05, 0) is 12.1 Å². The maximum Gasteiger partial charge on any atom is 0.252 e. The zero-order valence-electron chi connectivity index (χ0n) is 13.2. The van der Waals surface area contributed by atoms with Crippen LogP contribution >= 0.6 is 0 Å². The molecule has 0 saturated heterocycles. The summed E-state index contributed by atoms with van der Waals surface area (Å²) in [5.41, 5.74) is 3.49. The second-order valence-electron chi connectivity index (χ2n) is 4.35. The lowest BCUT2D eigenvalue weighted by atomic mass is 10.2. The average molecular weight is 316 g/mol. The number of aryl methyl sites for hydroxylation is 1. The summed E-state index contributed by atoms with van der Waals surface area (Å²) in [4.78, 5) is 3.91. The zero-order valence-corrected chi connectivity index (χ0v) is 13.2. The predicted octanol–water partition coefficient (Wildman–Crippen LogP) is 2.33. The van der Waals surface area contributed by atoms with Crippen LogP contribution in [0.4, 0.5) is 5.88 Å². The molecular formula is C15H16N4O4. The topological polar surface area (TPSA) is 102 Å². The van der Waals surface area contributed by atoms with Crippen LogP contribution in [0.3, 0.4) is 0 Å². The lowest BCUT2D eigenvalue weighted by molar-refractivity contribution is 0.324. The lowest BCUT2D eigenvalue weighted by Crippen LogP contribution is -1.97. The van der Waals surface area contributed by atoms with Crippen molar-refractivity contribution < 1.29 is 18.6 Å². The first-order valence-corrected chi connectivity index (χ1v) is 6.59. The van der Waals surface area contributed by atoms with E-state index in [1.165, 1.54) is 27.5 Å². The van der Waals surface area contributed by atoms with Gasteiger partial charge in [0.15, 0.2) is 17.4 Å². The first-order chi connectivity index (χ1) is 11.1. The maximum atomic E-state index is 8.93. The Morgan fingerprint density at radius 1 is 1.22 bits per heavy atom. The standard InChI is InChI=1S/C15H16N4O4/c1-9-18-11(7-16)15(23-9)19-17-8-10-5-12(20-2)14(22-4)13(6-10)21-3/h5-6,8,19H,1-4H3. The summed E-state index contributed by atoms with van der Waals surface area (Å²) in [6, 6.07) is 5.40. The van der Waals surface area contributed by atoms with Crippen LogP contribution in [0.1, 0.15) is 17.1 Å². The van der Waals surface area contributed by atoms with Crippen molar-refractivity contribution in [2.24, 2.45) is 5.10 Å².